The summed E-state index contributed by atoms with van der Waals surface area (Å²) < 4.78 is 10.6. The summed E-state index contributed by atoms with van der Waals surface area (Å²) in [5.41, 5.74) is 1.13. The lowest BCUT2D eigenvalue weighted by atomic mass is 10.2. The van der Waals surface area contributed by atoms with E-state index in [-0.39, 0.29) is 6.79 Å². The molecule has 2 rings (SSSR count). The first kappa shape index (κ1) is 12.9. The van der Waals surface area contributed by atoms with Crippen molar-refractivity contribution in [3.8, 4) is 11.5 Å². The molecule has 1 aromatic carbocycles. The fourth-order valence-electron chi connectivity index (χ4n) is 1.70. The highest BCUT2D eigenvalue weighted by Crippen LogP contribution is 2.39. The van der Waals surface area contributed by atoms with Gasteiger partial charge in [0.1, 0.15) is 0 Å². The zero-order chi connectivity index (χ0) is 12.1. The molecule has 0 unspecified atom stereocenters. The fourth-order valence-corrected chi connectivity index (χ4v) is 2.42. The van der Waals surface area contributed by atoms with Gasteiger partial charge >= 0.3 is 0 Å². The molecular formula is C12H16ClNO2S. The number of benzene rings is 1. The van der Waals surface area contributed by atoms with Crippen LogP contribution >= 0.6 is 23.4 Å². The van der Waals surface area contributed by atoms with Gasteiger partial charge in [0.15, 0.2) is 11.5 Å². The Morgan fingerprint density at radius 2 is 2.29 bits per heavy atom. The second-order valence-corrected chi connectivity index (χ2v) is 5.23. The Labute approximate surface area is 111 Å². The molecule has 0 atom stereocenters. The van der Waals surface area contributed by atoms with E-state index in [1.54, 1.807) is 0 Å². The van der Waals surface area contributed by atoms with Crippen molar-refractivity contribution in [1.82, 2.24) is 5.32 Å². The Hall–Kier alpha value is -0.580. The maximum Gasteiger partial charge on any atom is 0.231 e. The van der Waals surface area contributed by atoms with Crippen molar-refractivity contribution < 1.29 is 9.47 Å². The van der Waals surface area contributed by atoms with E-state index in [9.17, 15) is 0 Å². The smallest absolute Gasteiger partial charge is 0.231 e. The standard InChI is InChI=1S/C12H16ClNO2S/c1-17-4-2-3-14-7-9-5-10(13)12-11(6-9)15-8-16-12/h5-6,14H,2-4,7-8H2,1H3. The van der Waals surface area contributed by atoms with Crippen LogP contribution in [0.25, 0.3) is 0 Å². The highest BCUT2D eigenvalue weighted by molar-refractivity contribution is 7.98. The summed E-state index contributed by atoms with van der Waals surface area (Å²) in [6.45, 7) is 2.09. The largest absolute Gasteiger partial charge is 0.454 e. The number of fused-ring (bicyclic) bond motifs is 1. The van der Waals surface area contributed by atoms with Crippen molar-refractivity contribution in [3.63, 3.8) is 0 Å². The van der Waals surface area contributed by atoms with Gasteiger partial charge in [-0.05, 0) is 42.7 Å². The third-order valence-electron chi connectivity index (χ3n) is 2.52. The molecule has 0 amide bonds. The van der Waals surface area contributed by atoms with Crippen molar-refractivity contribution in [3.05, 3.63) is 22.7 Å². The number of nitrogens with one attached hydrogen (secondary N) is 1. The lowest BCUT2D eigenvalue weighted by Crippen LogP contribution is -2.15. The third-order valence-corrected chi connectivity index (χ3v) is 3.50. The Morgan fingerprint density at radius 3 is 3.12 bits per heavy atom. The average Bonchev–Trinajstić information content (AvgIpc) is 2.77. The number of hydrogen-bond donors (Lipinski definition) is 1. The zero-order valence-electron chi connectivity index (χ0n) is 9.79. The molecule has 0 aliphatic carbocycles. The molecule has 94 valence electrons. The van der Waals surface area contributed by atoms with Crippen LogP contribution in [0.3, 0.4) is 0 Å². The van der Waals surface area contributed by atoms with Crippen molar-refractivity contribution in [1.29, 1.82) is 0 Å². The minimum Gasteiger partial charge on any atom is -0.454 e. The molecule has 3 nitrogen and oxygen atoms in total. The minimum atomic E-state index is 0.264. The molecule has 1 N–H and O–H groups in total. The second kappa shape index (κ2) is 6.38. The quantitative estimate of drug-likeness (QED) is 0.808. The van der Waals surface area contributed by atoms with E-state index in [2.05, 4.69) is 11.6 Å². The van der Waals surface area contributed by atoms with Crippen molar-refractivity contribution >= 4 is 23.4 Å². The van der Waals surface area contributed by atoms with E-state index in [1.807, 2.05) is 23.9 Å². The molecule has 1 aliphatic heterocycles. The summed E-state index contributed by atoms with van der Waals surface area (Å²) in [4.78, 5) is 0. The summed E-state index contributed by atoms with van der Waals surface area (Å²) >= 11 is 7.97. The van der Waals surface area contributed by atoms with E-state index in [4.69, 9.17) is 21.1 Å². The van der Waals surface area contributed by atoms with Gasteiger partial charge in [-0.3, -0.25) is 0 Å². The molecule has 0 aromatic heterocycles. The summed E-state index contributed by atoms with van der Waals surface area (Å²) in [7, 11) is 0. The monoisotopic (exact) mass is 273 g/mol. The van der Waals surface area contributed by atoms with Gasteiger partial charge in [0.25, 0.3) is 0 Å². The van der Waals surface area contributed by atoms with Crippen LogP contribution in [0.1, 0.15) is 12.0 Å². The van der Waals surface area contributed by atoms with E-state index in [1.165, 1.54) is 12.2 Å². The maximum atomic E-state index is 6.10. The Morgan fingerprint density at radius 1 is 1.41 bits per heavy atom. The van der Waals surface area contributed by atoms with Gasteiger partial charge in [0.05, 0.1) is 5.02 Å². The lowest BCUT2D eigenvalue weighted by Gasteiger charge is -2.06. The van der Waals surface area contributed by atoms with Crippen LogP contribution in [-0.4, -0.2) is 25.3 Å². The second-order valence-electron chi connectivity index (χ2n) is 3.83. The van der Waals surface area contributed by atoms with Crippen LogP contribution in [0.4, 0.5) is 0 Å². The molecule has 0 radical (unpaired) electrons. The molecule has 0 fully saturated rings. The van der Waals surface area contributed by atoms with Gasteiger partial charge in [-0.25, -0.2) is 0 Å². The normalized spacial score (nSPS) is 13.1. The Balaban J connectivity index is 1.87. The van der Waals surface area contributed by atoms with Gasteiger partial charge in [0, 0.05) is 6.54 Å². The molecule has 1 heterocycles. The molecular weight excluding hydrogens is 258 g/mol. The number of halogens is 1. The number of rotatable bonds is 6. The van der Waals surface area contributed by atoms with Crippen LogP contribution < -0.4 is 14.8 Å². The summed E-state index contributed by atoms with van der Waals surface area (Å²) in [6, 6.07) is 3.91. The van der Waals surface area contributed by atoms with Crippen LogP contribution in [0.2, 0.25) is 5.02 Å². The van der Waals surface area contributed by atoms with E-state index < -0.39 is 0 Å². The molecule has 0 saturated heterocycles. The van der Waals surface area contributed by atoms with Gasteiger partial charge in [-0.2, -0.15) is 11.8 Å². The molecule has 1 aliphatic rings. The Bertz CT molecular complexity index is 387. The van der Waals surface area contributed by atoms with Crippen molar-refractivity contribution in [2.45, 2.75) is 13.0 Å². The van der Waals surface area contributed by atoms with Crippen LogP contribution in [0.5, 0.6) is 11.5 Å². The first-order valence-corrected chi connectivity index (χ1v) is 7.36. The molecule has 0 bridgehead atoms. The predicted molar refractivity (Wildman–Crippen MR) is 72.3 cm³/mol. The molecule has 17 heavy (non-hydrogen) atoms. The van der Waals surface area contributed by atoms with Gasteiger partial charge in [-0.1, -0.05) is 11.6 Å². The summed E-state index contributed by atoms with van der Waals surface area (Å²) in [6.07, 6.45) is 3.30. The van der Waals surface area contributed by atoms with Crippen LogP contribution in [0.15, 0.2) is 12.1 Å². The topological polar surface area (TPSA) is 30.5 Å². The number of ether oxygens (including phenoxy) is 2. The van der Waals surface area contributed by atoms with Crippen molar-refractivity contribution in [2.75, 3.05) is 25.3 Å². The average molecular weight is 274 g/mol. The number of hydrogen-bond acceptors (Lipinski definition) is 4. The number of thioether (sulfide) groups is 1. The van der Waals surface area contributed by atoms with E-state index in [0.29, 0.717) is 10.8 Å². The van der Waals surface area contributed by atoms with E-state index >= 15 is 0 Å². The van der Waals surface area contributed by atoms with Crippen LogP contribution in [-0.2, 0) is 6.54 Å². The highest BCUT2D eigenvalue weighted by Gasteiger charge is 2.17. The molecule has 0 saturated carbocycles. The van der Waals surface area contributed by atoms with Gasteiger partial charge in [0.2, 0.25) is 6.79 Å². The van der Waals surface area contributed by atoms with E-state index in [0.717, 1.165) is 24.4 Å². The summed E-state index contributed by atoms with van der Waals surface area (Å²) in [5.74, 6) is 2.60. The zero-order valence-corrected chi connectivity index (χ0v) is 11.4. The summed E-state index contributed by atoms with van der Waals surface area (Å²) in [5, 5.41) is 4.01. The molecule has 5 heteroatoms. The third kappa shape index (κ3) is 3.44. The van der Waals surface area contributed by atoms with Crippen molar-refractivity contribution in [2.24, 2.45) is 0 Å². The minimum absolute atomic E-state index is 0.264. The van der Waals surface area contributed by atoms with Gasteiger partial charge in [-0.15, -0.1) is 0 Å². The highest BCUT2D eigenvalue weighted by atomic mass is 35.5. The maximum absolute atomic E-state index is 6.10. The lowest BCUT2D eigenvalue weighted by molar-refractivity contribution is 0.174. The fraction of sp³-hybridized carbons (Fsp3) is 0.500. The SMILES string of the molecule is CSCCCNCc1cc(Cl)c2c(c1)OCO2. The van der Waals surface area contributed by atoms with Crippen LogP contribution in [0, 0.1) is 0 Å². The predicted octanol–water partition coefficient (Wildman–Crippen LogP) is 2.91. The first-order chi connectivity index (χ1) is 8.31. The van der Waals surface area contributed by atoms with Gasteiger partial charge < -0.3 is 14.8 Å². The molecule has 1 aromatic rings. The Kier molecular flexibility index (Phi) is 4.83. The first-order valence-electron chi connectivity index (χ1n) is 5.59. The molecule has 0 spiro atoms.